The predicted octanol–water partition coefficient (Wildman–Crippen LogP) is 2.10. The summed E-state index contributed by atoms with van der Waals surface area (Å²) < 4.78 is 1.79. The van der Waals surface area contributed by atoms with Gasteiger partial charge in [-0.15, -0.1) is 0 Å². The second kappa shape index (κ2) is 4.76. The minimum absolute atomic E-state index is 0.736. The smallest absolute Gasteiger partial charge is 0.165 e. The van der Waals surface area contributed by atoms with Gasteiger partial charge in [0.05, 0.1) is 11.3 Å². The molecule has 0 bridgehead atoms. The van der Waals surface area contributed by atoms with E-state index in [1.54, 1.807) is 4.68 Å². The number of rotatable bonds is 3. The first kappa shape index (κ1) is 12.5. The number of hydrogen-bond acceptors (Lipinski definition) is 4. The van der Waals surface area contributed by atoms with Crippen LogP contribution >= 0.6 is 0 Å². The van der Waals surface area contributed by atoms with E-state index in [9.17, 15) is 0 Å². The summed E-state index contributed by atoms with van der Waals surface area (Å²) in [6, 6.07) is 0. The summed E-state index contributed by atoms with van der Waals surface area (Å²) in [4.78, 5) is 9.18. The van der Waals surface area contributed by atoms with Crippen molar-refractivity contribution < 1.29 is 0 Å². The molecule has 0 spiro atoms. The molecule has 0 aromatic carbocycles. The van der Waals surface area contributed by atoms with Crippen LogP contribution in [0.25, 0.3) is 11.4 Å². The van der Waals surface area contributed by atoms with E-state index in [0.29, 0.717) is 0 Å². The van der Waals surface area contributed by atoms with E-state index in [1.807, 2.05) is 34.1 Å². The third-order valence-electron chi connectivity index (χ3n) is 3.06. The fourth-order valence-electron chi connectivity index (χ4n) is 2.17. The second-order valence-electron chi connectivity index (χ2n) is 4.37. The minimum Gasteiger partial charge on any atom is -0.373 e. The summed E-state index contributed by atoms with van der Waals surface area (Å²) in [5.74, 6) is 1.64. The van der Waals surface area contributed by atoms with Crippen molar-refractivity contribution in [3.8, 4) is 11.4 Å². The zero-order valence-electron chi connectivity index (χ0n) is 11.6. The average molecular weight is 245 g/mol. The second-order valence-corrected chi connectivity index (χ2v) is 4.37. The summed E-state index contributed by atoms with van der Waals surface area (Å²) >= 11 is 0. The number of nitrogens with one attached hydrogen (secondary N) is 1. The van der Waals surface area contributed by atoms with E-state index in [4.69, 9.17) is 0 Å². The van der Waals surface area contributed by atoms with Gasteiger partial charge in [-0.25, -0.2) is 9.97 Å². The first-order chi connectivity index (χ1) is 8.56. The van der Waals surface area contributed by atoms with Crippen LogP contribution in [0.2, 0.25) is 0 Å². The van der Waals surface area contributed by atoms with Crippen molar-refractivity contribution >= 4 is 5.82 Å². The van der Waals surface area contributed by atoms with Gasteiger partial charge in [0.15, 0.2) is 5.82 Å². The highest BCUT2D eigenvalue weighted by molar-refractivity contribution is 5.61. The maximum absolute atomic E-state index is 4.59. The Labute approximate surface area is 107 Å². The molecule has 2 rings (SSSR count). The molecule has 0 unspecified atom stereocenters. The molecule has 5 nitrogen and oxygen atoms in total. The third-order valence-corrected chi connectivity index (χ3v) is 3.06. The summed E-state index contributed by atoms with van der Waals surface area (Å²) in [6.45, 7) is 6.11. The monoisotopic (exact) mass is 245 g/mol. The maximum Gasteiger partial charge on any atom is 0.165 e. The van der Waals surface area contributed by atoms with Crippen LogP contribution in [-0.4, -0.2) is 26.8 Å². The topological polar surface area (TPSA) is 55.6 Å². The summed E-state index contributed by atoms with van der Waals surface area (Å²) in [6.07, 6.45) is 2.88. The molecule has 2 aromatic heterocycles. The van der Waals surface area contributed by atoms with Crippen LogP contribution in [0.3, 0.4) is 0 Å². The molecule has 96 valence electrons. The Morgan fingerprint density at radius 2 is 1.94 bits per heavy atom. The summed E-state index contributed by atoms with van der Waals surface area (Å²) in [7, 11) is 3.80. The Balaban J connectivity index is 2.59. The SMILES string of the molecule is CCc1c(C)nc(-c2cn(C)nc2C)nc1NC. The maximum atomic E-state index is 4.59. The Morgan fingerprint density at radius 1 is 1.22 bits per heavy atom. The highest BCUT2D eigenvalue weighted by Crippen LogP contribution is 2.24. The largest absolute Gasteiger partial charge is 0.373 e. The third kappa shape index (κ3) is 2.08. The van der Waals surface area contributed by atoms with E-state index < -0.39 is 0 Å². The molecule has 0 aliphatic rings. The van der Waals surface area contributed by atoms with Crippen molar-refractivity contribution in [1.82, 2.24) is 19.7 Å². The van der Waals surface area contributed by atoms with Crippen molar-refractivity contribution in [3.05, 3.63) is 23.1 Å². The van der Waals surface area contributed by atoms with Gasteiger partial charge >= 0.3 is 0 Å². The van der Waals surface area contributed by atoms with Gasteiger partial charge in [0.1, 0.15) is 5.82 Å². The van der Waals surface area contributed by atoms with E-state index in [-0.39, 0.29) is 0 Å². The number of hydrogen-bond donors (Lipinski definition) is 1. The van der Waals surface area contributed by atoms with Crippen molar-refractivity contribution in [1.29, 1.82) is 0 Å². The van der Waals surface area contributed by atoms with Crippen molar-refractivity contribution in [2.75, 3.05) is 12.4 Å². The Morgan fingerprint density at radius 3 is 2.44 bits per heavy atom. The van der Waals surface area contributed by atoms with Gasteiger partial charge in [0, 0.05) is 31.5 Å². The van der Waals surface area contributed by atoms with E-state index >= 15 is 0 Å². The molecule has 0 aliphatic carbocycles. The van der Waals surface area contributed by atoms with E-state index in [1.165, 1.54) is 5.56 Å². The molecular formula is C13H19N5. The van der Waals surface area contributed by atoms with Crippen molar-refractivity contribution in [2.24, 2.45) is 7.05 Å². The molecule has 5 heteroatoms. The normalized spacial score (nSPS) is 10.7. The molecule has 0 radical (unpaired) electrons. The Kier molecular flexibility index (Phi) is 3.32. The van der Waals surface area contributed by atoms with Crippen LogP contribution in [0.5, 0.6) is 0 Å². The molecule has 2 heterocycles. The van der Waals surface area contributed by atoms with E-state index in [2.05, 4.69) is 27.3 Å². The lowest BCUT2D eigenvalue weighted by Crippen LogP contribution is -2.05. The Bertz CT molecular complexity index is 571. The minimum atomic E-state index is 0.736. The molecule has 2 aromatic rings. The molecule has 0 saturated carbocycles. The standard InChI is InChI=1S/C13H19N5/c1-6-10-8(2)15-13(16-12(10)14-4)11-7-18(5)17-9(11)3/h7H,6H2,1-5H3,(H,14,15,16). The fourth-order valence-corrected chi connectivity index (χ4v) is 2.17. The van der Waals surface area contributed by atoms with Crippen LogP contribution < -0.4 is 5.32 Å². The Hall–Kier alpha value is -1.91. The number of aryl methyl sites for hydroxylation is 3. The number of anilines is 1. The van der Waals surface area contributed by atoms with Gasteiger partial charge in [-0.3, -0.25) is 4.68 Å². The molecule has 0 aliphatic heterocycles. The molecule has 1 N–H and O–H groups in total. The zero-order valence-corrected chi connectivity index (χ0v) is 11.6. The van der Waals surface area contributed by atoms with Crippen LogP contribution in [0, 0.1) is 13.8 Å². The van der Waals surface area contributed by atoms with E-state index in [0.717, 1.165) is 35.0 Å². The van der Waals surface area contributed by atoms with Gasteiger partial charge in [-0.2, -0.15) is 5.10 Å². The predicted molar refractivity (Wildman–Crippen MR) is 72.6 cm³/mol. The molecule has 0 fully saturated rings. The number of aromatic nitrogens is 4. The first-order valence-corrected chi connectivity index (χ1v) is 6.12. The molecule has 0 atom stereocenters. The molecule has 0 amide bonds. The van der Waals surface area contributed by atoms with Gasteiger partial charge in [0.2, 0.25) is 0 Å². The van der Waals surface area contributed by atoms with Crippen LogP contribution in [0.1, 0.15) is 23.9 Å². The lowest BCUT2D eigenvalue weighted by Gasteiger charge is -2.11. The van der Waals surface area contributed by atoms with Crippen molar-refractivity contribution in [2.45, 2.75) is 27.2 Å². The summed E-state index contributed by atoms with van der Waals surface area (Å²) in [5.41, 5.74) is 4.13. The molecular weight excluding hydrogens is 226 g/mol. The quantitative estimate of drug-likeness (QED) is 0.899. The van der Waals surface area contributed by atoms with Gasteiger partial charge in [-0.1, -0.05) is 6.92 Å². The van der Waals surface area contributed by atoms with Crippen molar-refractivity contribution in [3.63, 3.8) is 0 Å². The highest BCUT2D eigenvalue weighted by Gasteiger charge is 2.13. The molecule has 18 heavy (non-hydrogen) atoms. The van der Waals surface area contributed by atoms with Gasteiger partial charge in [-0.05, 0) is 20.3 Å². The molecule has 0 saturated heterocycles. The van der Waals surface area contributed by atoms with Gasteiger partial charge < -0.3 is 5.32 Å². The summed E-state index contributed by atoms with van der Waals surface area (Å²) in [5, 5.41) is 7.48. The average Bonchev–Trinajstić information content (AvgIpc) is 2.67. The van der Waals surface area contributed by atoms with Crippen LogP contribution in [0.15, 0.2) is 6.20 Å². The van der Waals surface area contributed by atoms with Crippen LogP contribution in [0.4, 0.5) is 5.82 Å². The van der Waals surface area contributed by atoms with Gasteiger partial charge in [0.25, 0.3) is 0 Å². The lowest BCUT2D eigenvalue weighted by atomic mass is 10.1. The fraction of sp³-hybridized carbons (Fsp3) is 0.462. The van der Waals surface area contributed by atoms with Crippen LogP contribution in [-0.2, 0) is 13.5 Å². The lowest BCUT2D eigenvalue weighted by molar-refractivity contribution is 0.756. The zero-order chi connectivity index (χ0) is 13.3. The highest BCUT2D eigenvalue weighted by atomic mass is 15.3. The number of nitrogens with zero attached hydrogens (tertiary/aromatic N) is 4. The first-order valence-electron chi connectivity index (χ1n) is 6.12.